The molecule has 0 atom stereocenters. The lowest BCUT2D eigenvalue weighted by atomic mass is 10.1. The fourth-order valence-corrected chi connectivity index (χ4v) is 3.78. The van der Waals surface area contributed by atoms with Gasteiger partial charge in [-0.25, -0.2) is 9.59 Å². The number of rotatable bonds is 7. The molecule has 1 aliphatic rings. The van der Waals surface area contributed by atoms with Crippen LogP contribution in [0.5, 0.6) is 0 Å². The number of carbonyl (C=O) groups is 3. The van der Waals surface area contributed by atoms with Gasteiger partial charge in [0, 0.05) is 0 Å². The maximum Gasteiger partial charge on any atom is 0.348 e. The van der Waals surface area contributed by atoms with Gasteiger partial charge in [-0.15, -0.1) is 11.3 Å². The minimum Gasteiger partial charge on any atom is -0.462 e. The molecule has 144 valence electrons. The van der Waals surface area contributed by atoms with Gasteiger partial charge in [0.2, 0.25) is 0 Å². The second-order valence-corrected chi connectivity index (χ2v) is 6.81. The van der Waals surface area contributed by atoms with Crippen LogP contribution in [-0.4, -0.2) is 63.9 Å². The quantitative estimate of drug-likeness (QED) is 0.654. The Kier molecular flexibility index (Phi) is 7.55. The zero-order valence-electron chi connectivity index (χ0n) is 15.3. The molecule has 2 heterocycles. The van der Waals surface area contributed by atoms with Gasteiger partial charge >= 0.3 is 11.9 Å². The second kappa shape index (κ2) is 9.65. The first-order valence-corrected chi connectivity index (χ1v) is 9.48. The molecule has 0 radical (unpaired) electrons. The molecule has 1 aliphatic heterocycles. The number of quaternary nitrogens is 1. The van der Waals surface area contributed by atoms with Crippen molar-refractivity contribution in [3.8, 4) is 0 Å². The van der Waals surface area contributed by atoms with Crippen LogP contribution >= 0.6 is 11.3 Å². The van der Waals surface area contributed by atoms with E-state index in [9.17, 15) is 14.4 Å². The van der Waals surface area contributed by atoms with Gasteiger partial charge in [0.15, 0.2) is 6.54 Å². The highest BCUT2D eigenvalue weighted by Crippen LogP contribution is 2.34. The van der Waals surface area contributed by atoms with Crippen LogP contribution in [0.3, 0.4) is 0 Å². The van der Waals surface area contributed by atoms with E-state index in [1.807, 2.05) is 0 Å². The third kappa shape index (κ3) is 5.03. The van der Waals surface area contributed by atoms with E-state index in [4.69, 9.17) is 14.2 Å². The Balaban J connectivity index is 2.21. The Morgan fingerprint density at radius 1 is 1.12 bits per heavy atom. The van der Waals surface area contributed by atoms with Crippen LogP contribution in [0.1, 0.15) is 39.4 Å². The number of carbonyl (C=O) groups excluding carboxylic acids is 3. The first-order valence-electron chi connectivity index (χ1n) is 8.66. The summed E-state index contributed by atoms with van der Waals surface area (Å²) in [6.45, 7) is 8.54. The van der Waals surface area contributed by atoms with E-state index >= 15 is 0 Å². The second-order valence-electron chi connectivity index (χ2n) is 5.79. The highest BCUT2D eigenvalue weighted by molar-refractivity contribution is 7.18. The fourth-order valence-electron chi connectivity index (χ4n) is 2.68. The molecule has 1 aromatic rings. The summed E-state index contributed by atoms with van der Waals surface area (Å²) in [5.41, 5.74) is 0.672. The molecule has 1 aromatic heterocycles. The summed E-state index contributed by atoms with van der Waals surface area (Å²) in [5, 5.41) is 3.09. The van der Waals surface area contributed by atoms with Crippen molar-refractivity contribution in [2.75, 3.05) is 51.4 Å². The Bertz CT molecular complexity index is 666. The topological polar surface area (TPSA) is 95.4 Å². The molecule has 0 bridgehead atoms. The predicted molar refractivity (Wildman–Crippen MR) is 96.0 cm³/mol. The monoisotopic (exact) mass is 385 g/mol. The Morgan fingerprint density at radius 3 is 2.35 bits per heavy atom. The molecule has 2 N–H and O–H groups in total. The summed E-state index contributed by atoms with van der Waals surface area (Å²) in [5.74, 6) is -1.30. The van der Waals surface area contributed by atoms with Crippen molar-refractivity contribution < 1.29 is 33.5 Å². The summed E-state index contributed by atoms with van der Waals surface area (Å²) < 4.78 is 15.4. The number of esters is 2. The van der Waals surface area contributed by atoms with Crippen molar-refractivity contribution in [3.05, 3.63) is 16.0 Å². The molecule has 1 amide bonds. The van der Waals surface area contributed by atoms with Gasteiger partial charge in [-0.3, -0.25) is 4.79 Å². The van der Waals surface area contributed by atoms with E-state index in [-0.39, 0.29) is 31.2 Å². The average Bonchev–Trinajstić information content (AvgIpc) is 2.92. The molecule has 26 heavy (non-hydrogen) atoms. The minimum atomic E-state index is -0.564. The first-order chi connectivity index (χ1) is 12.5. The molecule has 1 fully saturated rings. The van der Waals surface area contributed by atoms with Crippen LogP contribution in [0.15, 0.2) is 0 Å². The molecule has 0 spiro atoms. The van der Waals surface area contributed by atoms with Crippen molar-refractivity contribution in [1.82, 2.24) is 0 Å². The van der Waals surface area contributed by atoms with Crippen molar-refractivity contribution >= 4 is 34.2 Å². The lowest BCUT2D eigenvalue weighted by molar-refractivity contribution is -0.899. The number of amides is 1. The Labute approximate surface area is 156 Å². The fraction of sp³-hybridized carbons (Fsp3) is 0.588. The van der Waals surface area contributed by atoms with Gasteiger partial charge < -0.3 is 24.4 Å². The predicted octanol–water partition coefficient (Wildman–Crippen LogP) is 0.264. The van der Waals surface area contributed by atoms with Gasteiger partial charge in [0.05, 0.1) is 32.0 Å². The molecular weight excluding hydrogens is 360 g/mol. The third-order valence-electron chi connectivity index (χ3n) is 3.95. The maximum absolute atomic E-state index is 12.4. The van der Waals surface area contributed by atoms with E-state index in [1.165, 1.54) is 0 Å². The van der Waals surface area contributed by atoms with Crippen LogP contribution in [0.4, 0.5) is 5.00 Å². The zero-order valence-corrected chi connectivity index (χ0v) is 16.1. The molecule has 8 nitrogen and oxygen atoms in total. The van der Waals surface area contributed by atoms with Gasteiger partial charge in [-0.1, -0.05) is 0 Å². The summed E-state index contributed by atoms with van der Waals surface area (Å²) in [6.07, 6.45) is 0. The van der Waals surface area contributed by atoms with E-state index in [0.29, 0.717) is 28.7 Å². The number of hydrogen-bond donors (Lipinski definition) is 2. The van der Waals surface area contributed by atoms with Crippen LogP contribution in [0.2, 0.25) is 0 Å². The van der Waals surface area contributed by atoms with Crippen molar-refractivity contribution in [3.63, 3.8) is 0 Å². The molecule has 9 heteroatoms. The normalized spacial score (nSPS) is 14.7. The number of hydrogen-bond acceptors (Lipinski definition) is 7. The van der Waals surface area contributed by atoms with Gasteiger partial charge in [0.25, 0.3) is 5.91 Å². The summed E-state index contributed by atoms with van der Waals surface area (Å²) in [6, 6.07) is 0. The molecule has 0 unspecified atom stereocenters. The van der Waals surface area contributed by atoms with Crippen LogP contribution in [-0.2, 0) is 19.0 Å². The molecule has 2 rings (SSSR count). The SMILES string of the molecule is CCOC(=O)c1sc(NC(=O)C[NH+]2CCOCC2)c(C(=O)OCC)c1C. The lowest BCUT2D eigenvalue weighted by Crippen LogP contribution is -3.15. The molecular formula is C17H25N2O6S+. The van der Waals surface area contributed by atoms with Crippen molar-refractivity contribution in [2.45, 2.75) is 20.8 Å². The highest BCUT2D eigenvalue weighted by Gasteiger charge is 2.28. The van der Waals surface area contributed by atoms with E-state index in [0.717, 1.165) is 29.3 Å². The molecule has 0 aliphatic carbocycles. The standard InChI is InChI=1S/C17H24N2O6S/c1-4-24-16(21)13-11(3)14(17(22)25-5-2)26-15(13)18-12(20)10-19-6-8-23-9-7-19/h4-10H2,1-3H3,(H,18,20)/p+1. The van der Waals surface area contributed by atoms with Gasteiger partial charge in [-0.05, 0) is 26.3 Å². The van der Waals surface area contributed by atoms with E-state index in [2.05, 4.69) is 5.32 Å². The Morgan fingerprint density at radius 2 is 1.73 bits per heavy atom. The number of nitrogens with one attached hydrogen (secondary N) is 2. The molecule has 0 saturated carbocycles. The van der Waals surface area contributed by atoms with E-state index < -0.39 is 11.9 Å². The smallest absolute Gasteiger partial charge is 0.348 e. The first kappa shape index (κ1) is 20.3. The number of ether oxygens (including phenoxy) is 3. The van der Waals surface area contributed by atoms with Crippen LogP contribution in [0.25, 0.3) is 0 Å². The molecule has 1 saturated heterocycles. The Hall–Kier alpha value is -1.97. The maximum atomic E-state index is 12.4. The molecule has 0 aromatic carbocycles. The summed E-state index contributed by atoms with van der Waals surface area (Å²) >= 11 is 1.04. The number of anilines is 1. The zero-order chi connectivity index (χ0) is 19.1. The summed E-state index contributed by atoms with van der Waals surface area (Å²) in [7, 11) is 0. The number of thiophene rings is 1. The largest absolute Gasteiger partial charge is 0.462 e. The lowest BCUT2D eigenvalue weighted by Gasteiger charge is -2.23. The van der Waals surface area contributed by atoms with Crippen LogP contribution in [0, 0.1) is 6.92 Å². The van der Waals surface area contributed by atoms with Crippen LogP contribution < -0.4 is 10.2 Å². The highest BCUT2D eigenvalue weighted by atomic mass is 32.1. The van der Waals surface area contributed by atoms with Crippen molar-refractivity contribution in [1.29, 1.82) is 0 Å². The number of morpholine rings is 1. The average molecular weight is 385 g/mol. The van der Waals surface area contributed by atoms with Gasteiger partial charge in [-0.2, -0.15) is 0 Å². The van der Waals surface area contributed by atoms with Gasteiger partial charge in [0.1, 0.15) is 23.0 Å². The van der Waals surface area contributed by atoms with E-state index in [1.54, 1.807) is 20.8 Å². The summed E-state index contributed by atoms with van der Waals surface area (Å²) in [4.78, 5) is 38.2. The van der Waals surface area contributed by atoms with Crippen molar-refractivity contribution in [2.24, 2.45) is 0 Å². The third-order valence-corrected chi connectivity index (χ3v) is 5.14. The minimum absolute atomic E-state index is 0.203.